The second-order valence-electron chi connectivity index (χ2n) is 5.59. The van der Waals surface area contributed by atoms with E-state index in [1.54, 1.807) is 11.3 Å². The topological polar surface area (TPSA) is 24.9 Å². The van der Waals surface area contributed by atoms with Gasteiger partial charge in [0, 0.05) is 18.0 Å². The molecule has 0 aliphatic carbocycles. The molecule has 17 heavy (non-hydrogen) atoms. The van der Waals surface area contributed by atoms with Gasteiger partial charge in [-0.15, -0.1) is 11.3 Å². The summed E-state index contributed by atoms with van der Waals surface area (Å²) in [5.74, 6) is 0. The fraction of sp³-hybridized carbons (Fsp3) is 0.786. The highest BCUT2D eigenvalue weighted by atomic mass is 32.1. The number of aryl methyl sites for hydroxylation is 1. The van der Waals surface area contributed by atoms with Crippen LogP contribution in [0.2, 0.25) is 0 Å². The molecule has 0 fully saturated rings. The third kappa shape index (κ3) is 5.64. The molecular formula is C14H26N2S. The lowest BCUT2D eigenvalue weighted by atomic mass is 9.87. The van der Waals surface area contributed by atoms with Crippen molar-refractivity contribution in [2.24, 2.45) is 5.41 Å². The number of rotatable bonds is 8. The van der Waals surface area contributed by atoms with E-state index < -0.39 is 0 Å². The van der Waals surface area contributed by atoms with Crippen molar-refractivity contribution in [2.75, 3.05) is 6.54 Å². The second kappa shape index (κ2) is 7.12. The normalized spacial score (nSPS) is 12.0. The number of hydrogen-bond donors (Lipinski definition) is 1. The van der Waals surface area contributed by atoms with E-state index in [4.69, 9.17) is 0 Å². The molecule has 0 amide bonds. The van der Waals surface area contributed by atoms with Crippen LogP contribution in [0.4, 0.5) is 0 Å². The minimum Gasteiger partial charge on any atom is -0.311 e. The van der Waals surface area contributed by atoms with Crippen LogP contribution in [-0.4, -0.2) is 11.5 Å². The van der Waals surface area contributed by atoms with Crippen molar-refractivity contribution in [3.05, 3.63) is 16.1 Å². The summed E-state index contributed by atoms with van der Waals surface area (Å²) in [4.78, 5) is 5.64. The summed E-state index contributed by atoms with van der Waals surface area (Å²) in [7, 11) is 0. The minimum atomic E-state index is 0.410. The van der Waals surface area contributed by atoms with E-state index >= 15 is 0 Å². The molecule has 2 nitrogen and oxygen atoms in total. The van der Waals surface area contributed by atoms with Crippen LogP contribution in [-0.2, 0) is 6.54 Å². The Kier molecular flexibility index (Phi) is 6.14. The van der Waals surface area contributed by atoms with Crippen molar-refractivity contribution in [1.82, 2.24) is 10.3 Å². The molecule has 0 bridgehead atoms. The highest BCUT2D eigenvalue weighted by Crippen LogP contribution is 2.23. The highest BCUT2D eigenvalue weighted by Gasteiger charge is 2.16. The predicted octanol–water partition coefficient (Wildman–Crippen LogP) is 4.15. The van der Waals surface area contributed by atoms with Gasteiger partial charge in [-0.2, -0.15) is 0 Å². The molecule has 0 spiro atoms. The minimum absolute atomic E-state index is 0.410. The first kappa shape index (κ1) is 14.7. The van der Waals surface area contributed by atoms with E-state index in [0.717, 1.165) is 13.1 Å². The monoisotopic (exact) mass is 254 g/mol. The molecule has 0 aliphatic heterocycles. The van der Waals surface area contributed by atoms with Crippen LogP contribution in [0, 0.1) is 12.3 Å². The maximum atomic E-state index is 4.27. The summed E-state index contributed by atoms with van der Waals surface area (Å²) in [5.41, 5.74) is 3.51. The van der Waals surface area contributed by atoms with Crippen LogP contribution in [0.15, 0.2) is 5.51 Å². The van der Waals surface area contributed by atoms with Gasteiger partial charge in [0.1, 0.15) is 0 Å². The molecule has 0 saturated heterocycles. The van der Waals surface area contributed by atoms with Crippen molar-refractivity contribution in [1.29, 1.82) is 0 Å². The molecule has 0 unspecified atom stereocenters. The molecule has 98 valence electrons. The summed E-state index contributed by atoms with van der Waals surface area (Å²) < 4.78 is 0. The van der Waals surface area contributed by atoms with Crippen LogP contribution in [0.25, 0.3) is 0 Å². The van der Waals surface area contributed by atoms with Gasteiger partial charge in [0.25, 0.3) is 0 Å². The Balaban J connectivity index is 2.23. The highest BCUT2D eigenvalue weighted by molar-refractivity contribution is 7.09. The molecule has 0 radical (unpaired) electrons. The van der Waals surface area contributed by atoms with Gasteiger partial charge in [-0.1, -0.05) is 40.0 Å². The molecule has 3 heteroatoms. The van der Waals surface area contributed by atoms with Crippen molar-refractivity contribution in [2.45, 2.75) is 59.9 Å². The van der Waals surface area contributed by atoms with Crippen molar-refractivity contribution >= 4 is 11.3 Å². The fourth-order valence-electron chi connectivity index (χ4n) is 1.95. The number of unbranched alkanes of at least 4 members (excludes halogenated alkanes) is 2. The van der Waals surface area contributed by atoms with E-state index in [-0.39, 0.29) is 0 Å². The summed E-state index contributed by atoms with van der Waals surface area (Å²) in [6.07, 6.45) is 5.33. The average Bonchev–Trinajstić information content (AvgIpc) is 2.64. The molecule has 1 heterocycles. The number of thiazole rings is 1. The van der Waals surface area contributed by atoms with Gasteiger partial charge in [0.15, 0.2) is 0 Å². The van der Waals surface area contributed by atoms with Gasteiger partial charge in [-0.05, 0) is 18.8 Å². The van der Waals surface area contributed by atoms with Gasteiger partial charge < -0.3 is 5.32 Å². The second-order valence-corrected chi connectivity index (χ2v) is 6.53. The van der Waals surface area contributed by atoms with E-state index in [2.05, 4.69) is 38.0 Å². The third-order valence-electron chi connectivity index (χ3n) is 3.19. The fourth-order valence-corrected chi connectivity index (χ4v) is 2.70. The summed E-state index contributed by atoms with van der Waals surface area (Å²) >= 11 is 1.75. The quantitative estimate of drug-likeness (QED) is 0.705. The van der Waals surface area contributed by atoms with Gasteiger partial charge in [0.2, 0.25) is 0 Å². The zero-order valence-electron chi connectivity index (χ0n) is 11.7. The summed E-state index contributed by atoms with van der Waals surface area (Å²) in [5, 5.41) is 3.57. The van der Waals surface area contributed by atoms with Crippen molar-refractivity contribution < 1.29 is 0 Å². The molecule has 0 atom stereocenters. The SMILES string of the molecule is CCCCCC(C)(C)CNCc1scnc1C. The van der Waals surface area contributed by atoms with Gasteiger partial charge >= 0.3 is 0 Å². The Labute approximate surface area is 110 Å². The largest absolute Gasteiger partial charge is 0.311 e. The van der Waals surface area contributed by atoms with E-state index in [0.29, 0.717) is 5.41 Å². The molecule has 0 saturated carbocycles. The van der Waals surface area contributed by atoms with Crippen LogP contribution in [0.1, 0.15) is 57.0 Å². The molecule has 0 aromatic carbocycles. The maximum Gasteiger partial charge on any atom is 0.0798 e. The third-order valence-corrected chi connectivity index (χ3v) is 4.13. The van der Waals surface area contributed by atoms with E-state index in [9.17, 15) is 0 Å². The summed E-state index contributed by atoms with van der Waals surface area (Å²) in [6, 6.07) is 0. The Hall–Kier alpha value is -0.410. The van der Waals surface area contributed by atoms with Crippen LogP contribution < -0.4 is 5.32 Å². The Morgan fingerprint density at radius 2 is 2.12 bits per heavy atom. The molecule has 1 aromatic heterocycles. The zero-order valence-corrected chi connectivity index (χ0v) is 12.5. The first-order valence-electron chi connectivity index (χ1n) is 6.65. The first-order chi connectivity index (χ1) is 8.05. The van der Waals surface area contributed by atoms with E-state index in [1.807, 2.05) is 5.51 Å². The first-order valence-corrected chi connectivity index (χ1v) is 7.53. The van der Waals surface area contributed by atoms with Gasteiger partial charge in [0.05, 0.1) is 11.2 Å². The lowest BCUT2D eigenvalue weighted by molar-refractivity contribution is 0.302. The van der Waals surface area contributed by atoms with Crippen molar-refractivity contribution in [3.63, 3.8) is 0 Å². The standard InChI is InChI=1S/C14H26N2S/c1-5-6-7-8-14(3,4)10-15-9-13-12(2)16-11-17-13/h11,15H,5-10H2,1-4H3. The lowest BCUT2D eigenvalue weighted by Crippen LogP contribution is -2.29. The molecule has 1 N–H and O–H groups in total. The number of aromatic nitrogens is 1. The van der Waals surface area contributed by atoms with Crippen LogP contribution in [0.3, 0.4) is 0 Å². The Morgan fingerprint density at radius 1 is 1.35 bits per heavy atom. The van der Waals surface area contributed by atoms with Crippen molar-refractivity contribution in [3.8, 4) is 0 Å². The molecule has 1 rings (SSSR count). The molecular weight excluding hydrogens is 228 g/mol. The molecule has 1 aromatic rings. The van der Waals surface area contributed by atoms with E-state index in [1.165, 1.54) is 36.3 Å². The van der Waals surface area contributed by atoms with Gasteiger partial charge in [-0.3, -0.25) is 0 Å². The lowest BCUT2D eigenvalue weighted by Gasteiger charge is -2.25. The number of hydrogen-bond acceptors (Lipinski definition) is 3. The number of nitrogens with zero attached hydrogens (tertiary/aromatic N) is 1. The summed E-state index contributed by atoms with van der Waals surface area (Å²) in [6.45, 7) is 11.1. The molecule has 0 aliphatic rings. The van der Waals surface area contributed by atoms with Gasteiger partial charge in [-0.25, -0.2) is 4.98 Å². The Bertz CT molecular complexity index is 318. The zero-order chi connectivity index (χ0) is 12.7. The smallest absolute Gasteiger partial charge is 0.0798 e. The van der Waals surface area contributed by atoms with Crippen LogP contribution >= 0.6 is 11.3 Å². The maximum absolute atomic E-state index is 4.27. The Morgan fingerprint density at radius 3 is 2.71 bits per heavy atom. The average molecular weight is 254 g/mol. The van der Waals surface area contributed by atoms with Crippen LogP contribution in [0.5, 0.6) is 0 Å². The predicted molar refractivity (Wildman–Crippen MR) is 76.5 cm³/mol. The number of nitrogens with one attached hydrogen (secondary N) is 1.